The van der Waals surface area contributed by atoms with Gasteiger partial charge in [0.2, 0.25) is 0 Å². The number of ketones is 1. The molecule has 0 aliphatic carbocycles. The van der Waals surface area contributed by atoms with Crippen molar-refractivity contribution in [2.75, 3.05) is 13.7 Å². The lowest BCUT2D eigenvalue weighted by Gasteiger charge is -2.10. The molecule has 0 aliphatic heterocycles. The van der Waals surface area contributed by atoms with Gasteiger partial charge in [-0.3, -0.25) is 4.79 Å². The van der Waals surface area contributed by atoms with Gasteiger partial charge in [0.05, 0.1) is 7.11 Å². The first kappa shape index (κ1) is 23.1. The summed E-state index contributed by atoms with van der Waals surface area (Å²) in [6, 6.07) is 11.1. The highest BCUT2D eigenvalue weighted by molar-refractivity contribution is 6.07. The summed E-state index contributed by atoms with van der Waals surface area (Å²) in [5.74, 6) is 0.618. The van der Waals surface area contributed by atoms with Crippen LogP contribution >= 0.6 is 0 Å². The molecular formula is C26H29FO3. The predicted octanol–water partition coefficient (Wildman–Crippen LogP) is 6.80. The fourth-order valence-electron chi connectivity index (χ4n) is 2.75. The van der Waals surface area contributed by atoms with Crippen LogP contribution in [0.3, 0.4) is 0 Å². The SMILES string of the molecule is COc1cc(C(=O)/C=C/c2ccc(F)cc2)ccc1OC/C=C(\C)CCC=C(C)C. The molecule has 4 heteroatoms. The molecule has 0 aromatic heterocycles. The minimum Gasteiger partial charge on any atom is -0.493 e. The van der Waals surface area contributed by atoms with Gasteiger partial charge in [0, 0.05) is 5.56 Å². The molecule has 0 unspecified atom stereocenters. The van der Waals surface area contributed by atoms with Gasteiger partial charge in [-0.05, 0) is 81.7 Å². The second kappa shape index (κ2) is 11.8. The van der Waals surface area contributed by atoms with E-state index in [9.17, 15) is 9.18 Å². The lowest BCUT2D eigenvalue weighted by molar-refractivity contribution is 0.104. The van der Waals surface area contributed by atoms with E-state index in [1.54, 1.807) is 43.5 Å². The third-order valence-corrected chi connectivity index (χ3v) is 4.51. The molecule has 0 spiro atoms. The summed E-state index contributed by atoms with van der Waals surface area (Å²) < 4.78 is 24.2. The number of carbonyl (C=O) groups excluding carboxylic acids is 1. The second-order valence-electron chi connectivity index (χ2n) is 7.30. The van der Waals surface area contributed by atoms with Gasteiger partial charge < -0.3 is 9.47 Å². The summed E-state index contributed by atoms with van der Waals surface area (Å²) in [6.07, 6.45) is 9.42. The largest absolute Gasteiger partial charge is 0.493 e. The quantitative estimate of drug-likeness (QED) is 0.246. The van der Waals surface area contributed by atoms with Gasteiger partial charge in [-0.2, -0.15) is 0 Å². The third kappa shape index (κ3) is 7.70. The maximum Gasteiger partial charge on any atom is 0.185 e. The summed E-state index contributed by atoms with van der Waals surface area (Å²) in [4.78, 5) is 12.4. The summed E-state index contributed by atoms with van der Waals surface area (Å²) in [6.45, 7) is 6.73. The summed E-state index contributed by atoms with van der Waals surface area (Å²) in [7, 11) is 1.55. The number of hydrogen-bond acceptors (Lipinski definition) is 3. The molecule has 0 N–H and O–H groups in total. The van der Waals surface area contributed by atoms with E-state index in [2.05, 4.69) is 32.9 Å². The van der Waals surface area contributed by atoms with E-state index in [0.29, 0.717) is 23.7 Å². The van der Waals surface area contributed by atoms with Crippen molar-refractivity contribution in [2.45, 2.75) is 33.6 Å². The average Bonchev–Trinajstić information content (AvgIpc) is 2.73. The Bertz CT molecular complexity index is 933. The summed E-state index contributed by atoms with van der Waals surface area (Å²) >= 11 is 0. The number of benzene rings is 2. The standard InChI is InChI=1S/C26H29FO3/c1-19(2)6-5-7-20(3)16-17-30-25-15-11-22(18-26(25)29-4)24(28)14-10-21-8-12-23(27)13-9-21/h6,8-16,18H,5,7,17H2,1-4H3/b14-10+,20-16+. The third-order valence-electron chi connectivity index (χ3n) is 4.51. The molecule has 0 heterocycles. The van der Waals surface area contributed by atoms with E-state index in [4.69, 9.17) is 9.47 Å². The van der Waals surface area contributed by atoms with Crippen molar-refractivity contribution in [3.63, 3.8) is 0 Å². The van der Waals surface area contributed by atoms with E-state index in [1.807, 2.05) is 0 Å². The monoisotopic (exact) mass is 408 g/mol. The molecule has 0 radical (unpaired) electrons. The van der Waals surface area contributed by atoms with Crippen molar-refractivity contribution in [3.8, 4) is 11.5 Å². The van der Waals surface area contributed by atoms with Crippen LogP contribution in [0.25, 0.3) is 6.08 Å². The highest BCUT2D eigenvalue weighted by Gasteiger charge is 2.09. The molecule has 0 atom stereocenters. The molecule has 0 bridgehead atoms. The van der Waals surface area contributed by atoms with Crippen molar-refractivity contribution in [1.82, 2.24) is 0 Å². The van der Waals surface area contributed by atoms with Crippen molar-refractivity contribution >= 4 is 11.9 Å². The second-order valence-corrected chi connectivity index (χ2v) is 7.30. The lowest BCUT2D eigenvalue weighted by Crippen LogP contribution is -2.00. The topological polar surface area (TPSA) is 35.5 Å². The summed E-state index contributed by atoms with van der Waals surface area (Å²) in [5, 5.41) is 0. The first-order valence-corrected chi connectivity index (χ1v) is 9.97. The van der Waals surface area contributed by atoms with Crippen LogP contribution in [0, 0.1) is 5.82 Å². The fraction of sp³-hybridized carbons (Fsp3) is 0.269. The Hall–Kier alpha value is -3.14. The number of hydrogen-bond donors (Lipinski definition) is 0. The highest BCUT2D eigenvalue weighted by atomic mass is 19.1. The minimum atomic E-state index is -0.309. The Balaban J connectivity index is 1.99. The first-order chi connectivity index (χ1) is 14.4. The number of carbonyl (C=O) groups is 1. The van der Waals surface area contributed by atoms with Crippen LogP contribution in [-0.2, 0) is 0 Å². The molecule has 158 valence electrons. The molecule has 0 amide bonds. The van der Waals surface area contributed by atoms with Gasteiger partial charge in [-0.1, -0.05) is 35.4 Å². The Morgan fingerprint density at radius 1 is 1.00 bits per heavy atom. The Morgan fingerprint density at radius 3 is 2.40 bits per heavy atom. The van der Waals surface area contributed by atoms with Crippen LogP contribution in [-0.4, -0.2) is 19.5 Å². The van der Waals surface area contributed by atoms with Crippen LogP contribution < -0.4 is 9.47 Å². The van der Waals surface area contributed by atoms with E-state index in [1.165, 1.54) is 29.4 Å². The number of rotatable bonds is 10. The van der Waals surface area contributed by atoms with Crippen molar-refractivity contribution < 1.29 is 18.7 Å². The van der Waals surface area contributed by atoms with Crippen molar-refractivity contribution in [1.29, 1.82) is 0 Å². The van der Waals surface area contributed by atoms with Crippen LogP contribution in [0.4, 0.5) is 4.39 Å². The minimum absolute atomic E-state index is 0.167. The van der Waals surface area contributed by atoms with E-state index in [0.717, 1.165) is 18.4 Å². The van der Waals surface area contributed by atoms with Crippen molar-refractivity contribution in [3.05, 3.63) is 88.8 Å². The summed E-state index contributed by atoms with van der Waals surface area (Å²) in [5.41, 5.74) is 3.84. The number of allylic oxidation sites excluding steroid dienone is 4. The zero-order valence-corrected chi connectivity index (χ0v) is 18.1. The Morgan fingerprint density at radius 2 is 1.73 bits per heavy atom. The van der Waals surface area contributed by atoms with Gasteiger partial charge in [-0.25, -0.2) is 4.39 Å². The van der Waals surface area contributed by atoms with E-state index < -0.39 is 0 Å². The maximum atomic E-state index is 13.0. The highest BCUT2D eigenvalue weighted by Crippen LogP contribution is 2.28. The number of ether oxygens (including phenoxy) is 2. The van der Waals surface area contributed by atoms with Crippen LogP contribution in [0.5, 0.6) is 11.5 Å². The number of halogens is 1. The smallest absolute Gasteiger partial charge is 0.185 e. The first-order valence-electron chi connectivity index (χ1n) is 9.97. The van der Waals surface area contributed by atoms with E-state index >= 15 is 0 Å². The van der Waals surface area contributed by atoms with Crippen LogP contribution in [0.1, 0.15) is 49.5 Å². The molecule has 2 rings (SSSR count). The van der Waals surface area contributed by atoms with Gasteiger partial charge in [0.25, 0.3) is 0 Å². The molecule has 0 aliphatic rings. The molecule has 2 aromatic carbocycles. The van der Waals surface area contributed by atoms with Gasteiger partial charge in [0.15, 0.2) is 17.3 Å². The molecule has 3 nitrogen and oxygen atoms in total. The number of methoxy groups -OCH3 is 1. The molecule has 30 heavy (non-hydrogen) atoms. The molecule has 2 aromatic rings. The molecule has 0 fully saturated rings. The molecule has 0 saturated carbocycles. The van der Waals surface area contributed by atoms with E-state index in [-0.39, 0.29) is 11.6 Å². The van der Waals surface area contributed by atoms with Crippen LogP contribution in [0.15, 0.2) is 71.8 Å². The Kier molecular flexibility index (Phi) is 9.07. The van der Waals surface area contributed by atoms with Gasteiger partial charge >= 0.3 is 0 Å². The zero-order chi connectivity index (χ0) is 21.9. The van der Waals surface area contributed by atoms with Crippen LogP contribution in [0.2, 0.25) is 0 Å². The fourth-order valence-corrected chi connectivity index (χ4v) is 2.75. The molecule has 0 saturated heterocycles. The average molecular weight is 409 g/mol. The maximum absolute atomic E-state index is 13.0. The van der Waals surface area contributed by atoms with Gasteiger partial charge in [-0.15, -0.1) is 0 Å². The molecular weight excluding hydrogens is 379 g/mol. The van der Waals surface area contributed by atoms with Crippen molar-refractivity contribution in [2.24, 2.45) is 0 Å². The zero-order valence-electron chi connectivity index (χ0n) is 18.1. The predicted molar refractivity (Wildman–Crippen MR) is 121 cm³/mol. The lowest BCUT2D eigenvalue weighted by atomic mass is 10.1. The normalized spacial score (nSPS) is 11.4. The van der Waals surface area contributed by atoms with Gasteiger partial charge in [0.1, 0.15) is 12.4 Å². The Labute approximate surface area is 178 Å².